The molecule has 45 heavy (non-hydrogen) atoms. The number of anilines is 1. The third-order valence-electron chi connectivity index (χ3n) is 8.97. The molecular weight excluding hydrogens is 576 g/mol. The second-order valence-electron chi connectivity index (χ2n) is 12.2. The highest BCUT2D eigenvalue weighted by Crippen LogP contribution is 2.44. The Kier molecular flexibility index (Phi) is 13.2. The van der Waals surface area contributed by atoms with Gasteiger partial charge in [0.2, 0.25) is 17.7 Å². The van der Waals surface area contributed by atoms with Crippen LogP contribution in [0.25, 0.3) is 0 Å². The number of nitrogens with one attached hydrogen (secondary N) is 2. The van der Waals surface area contributed by atoms with E-state index in [4.69, 9.17) is 0 Å². The fourth-order valence-corrected chi connectivity index (χ4v) is 6.55. The number of amides is 3. The number of halogens is 2. The largest absolute Gasteiger partial charge is 0.348 e. The first-order chi connectivity index (χ1) is 21.5. The molecule has 2 aliphatic carbocycles. The number of rotatable bonds is 9. The molecule has 3 aliphatic rings. The highest BCUT2D eigenvalue weighted by molar-refractivity contribution is 6.05. The number of aromatic nitrogens is 1. The van der Waals surface area contributed by atoms with Crippen LogP contribution in [0.1, 0.15) is 77.7 Å². The van der Waals surface area contributed by atoms with Crippen molar-refractivity contribution in [1.82, 2.24) is 20.1 Å². The first kappa shape index (κ1) is 35.8. The maximum atomic E-state index is 13.4. The molecule has 2 heterocycles. The molecule has 1 aromatic heterocycles. The first-order valence-electron chi connectivity index (χ1n) is 16.0. The minimum atomic E-state index is -0.736. The highest BCUT2D eigenvalue weighted by atomic mass is 19.1. The van der Waals surface area contributed by atoms with Crippen molar-refractivity contribution in [3.05, 3.63) is 71.7 Å². The summed E-state index contributed by atoms with van der Waals surface area (Å²) in [6.45, 7) is 6.04. The van der Waals surface area contributed by atoms with Crippen molar-refractivity contribution >= 4 is 23.5 Å². The zero-order valence-electron chi connectivity index (χ0n) is 27.4. The Hall–Kier alpha value is -3.66. The van der Waals surface area contributed by atoms with Crippen LogP contribution in [0.4, 0.5) is 14.6 Å². The summed E-state index contributed by atoms with van der Waals surface area (Å²) in [5.74, 6) is -0.0486. The molecule has 1 aromatic rings. The Balaban J connectivity index is 0.000000535. The Labute approximate surface area is 266 Å². The molecule has 0 radical (unpaired) electrons. The summed E-state index contributed by atoms with van der Waals surface area (Å²) >= 11 is 0. The molecular formula is C35H49F2N5O3. The first-order valence-corrected chi connectivity index (χ1v) is 16.0. The highest BCUT2D eigenvalue weighted by Gasteiger charge is 2.47. The number of carbonyl (C=O) groups is 3. The van der Waals surface area contributed by atoms with Crippen molar-refractivity contribution in [1.29, 1.82) is 0 Å². The van der Waals surface area contributed by atoms with Crippen LogP contribution in [0, 0.1) is 0 Å². The summed E-state index contributed by atoms with van der Waals surface area (Å²) in [5, 5.41) is 6.04. The van der Waals surface area contributed by atoms with E-state index in [1.54, 1.807) is 24.2 Å². The van der Waals surface area contributed by atoms with E-state index in [0.717, 1.165) is 55.9 Å². The molecule has 8 nitrogen and oxygen atoms in total. The predicted molar refractivity (Wildman–Crippen MR) is 175 cm³/mol. The lowest BCUT2D eigenvalue weighted by atomic mass is 9.74. The minimum absolute atomic E-state index is 0.0244. The lowest BCUT2D eigenvalue weighted by Gasteiger charge is -2.39. The van der Waals surface area contributed by atoms with Crippen LogP contribution in [-0.4, -0.2) is 77.9 Å². The number of fused-ring (bicyclic) bond motifs is 2. The van der Waals surface area contributed by atoms with Gasteiger partial charge in [-0.2, -0.15) is 0 Å². The van der Waals surface area contributed by atoms with Gasteiger partial charge in [0, 0.05) is 18.8 Å². The summed E-state index contributed by atoms with van der Waals surface area (Å²) in [6.07, 6.45) is 17.9. The summed E-state index contributed by atoms with van der Waals surface area (Å²) in [7, 11) is 3.73. The van der Waals surface area contributed by atoms with Crippen molar-refractivity contribution in [2.24, 2.45) is 0 Å². The number of hydrogen-bond acceptors (Lipinski definition) is 5. The molecule has 2 N–H and O–H groups in total. The number of nitrogens with zero attached hydrogens (tertiary/aromatic N) is 3. The molecule has 4 rings (SSSR count). The third-order valence-corrected chi connectivity index (χ3v) is 8.97. The second kappa shape index (κ2) is 16.6. The van der Waals surface area contributed by atoms with Gasteiger partial charge < -0.3 is 15.5 Å². The van der Waals surface area contributed by atoms with Crippen molar-refractivity contribution in [2.75, 3.05) is 39.2 Å². The van der Waals surface area contributed by atoms with Crippen LogP contribution in [0.2, 0.25) is 0 Å². The molecule has 1 aliphatic heterocycles. The van der Waals surface area contributed by atoms with Crippen LogP contribution in [-0.2, 0) is 19.8 Å². The average Bonchev–Trinajstić information content (AvgIpc) is 3.63. The summed E-state index contributed by atoms with van der Waals surface area (Å²) in [5.41, 5.74) is 0.776. The Morgan fingerprint density at radius 2 is 1.93 bits per heavy atom. The van der Waals surface area contributed by atoms with E-state index in [1.165, 1.54) is 6.08 Å². The number of carbonyl (C=O) groups excluding carboxylic acids is 3. The average molecular weight is 626 g/mol. The number of pyridine rings is 1. The zero-order chi connectivity index (χ0) is 33.0. The van der Waals surface area contributed by atoms with Gasteiger partial charge in [-0.15, -0.1) is 0 Å². The van der Waals surface area contributed by atoms with Crippen molar-refractivity contribution in [2.45, 2.75) is 89.1 Å². The van der Waals surface area contributed by atoms with E-state index in [9.17, 15) is 23.2 Å². The van der Waals surface area contributed by atoms with Gasteiger partial charge in [-0.25, -0.2) is 13.8 Å². The quantitative estimate of drug-likeness (QED) is 0.262. The van der Waals surface area contributed by atoms with Gasteiger partial charge in [-0.05, 0) is 77.3 Å². The molecule has 10 heteroatoms. The molecule has 246 valence electrons. The van der Waals surface area contributed by atoms with Crippen LogP contribution < -0.4 is 10.6 Å². The molecule has 0 bridgehead atoms. The molecule has 2 unspecified atom stereocenters. The SMILES string of the molecule is CC/C=C\C(F)=C/CF.CCN(C)C1(C(=O)N(C)CC(=O)NC2/C=C(\C)CC3(C/C=C/C2)C(=O)Nc2ncccc23)CCCC1. The normalized spacial score (nSPS) is 24.4. The fraction of sp³-hybridized carbons (Fsp3) is 0.543. The standard InChI is InChI=1S/C28H39N5O3.C7H10F2/c1-5-33(4)28(14-8-9-15-28)26(36)32(3)19-23(34)30-21-11-6-7-13-27(18-20(2)17-21)22-12-10-16-29-24(22)31-25(27)35;1-2-3-4-7(9)5-6-8/h6-7,10,12,16-17,21H,5,8-9,11,13-15,18-19H2,1-4H3,(H,30,34)(H,29,31,35);3-5H,2,6H2,1H3/b7-6+,20-17+;4-3-,7-5+. The van der Waals surface area contributed by atoms with E-state index in [-0.39, 0.29) is 30.3 Å². The van der Waals surface area contributed by atoms with Crippen molar-refractivity contribution in [3.8, 4) is 0 Å². The van der Waals surface area contributed by atoms with Gasteiger partial charge in [0.1, 0.15) is 23.9 Å². The van der Waals surface area contributed by atoms with E-state index >= 15 is 0 Å². The second-order valence-corrected chi connectivity index (χ2v) is 12.2. The van der Waals surface area contributed by atoms with Gasteiger partial charge in [0.05, 0.1) is 18.0 Å². The Morgan fingerprint density at radius 1 is 1.20 bits per heavy atom. The molecule has 1 spiro atoms. The van der Waals surface area contributed by atoms with E-state index < -0.39 is 23.5 Å². The lowest BCUT2D eigenvalue weighted by Crippen LogP contribution is -2.57. The van der Waals surface area contributed by atoms with Gasteiger partial charge in [-0.1, -0.05) is 62.6 Å². The molecule has 1 saturated carbocycles. The van der Waals surface area contributed by atoms with Crippen molar-refractivity contribution in [3.63, 3.8) is 0 Å². The zero-order valence-corrected chi connectivity index (χ0v) is 27.4. The molecule has 0 saturated heterocycles. The number of likely N-dealkylation sites (N-methyl/N-ethyl adjacent to an activating group) is 2. The van der Waals surface area contributed by atoms with Gasteiger partial charge in [0.15, 0.2) is 0 Å². The van der Waals surface area contributed by atoms with E-state index in [0.29, 0.717) is 25.1 Å². The molecule has 1 fully saturated rings. The predicted octanol–water partition coefficient (Wildman–Crippen LogP) is 5.94. The minimum Gasteiger partial charge on any atom is -0.348 e. The smallest absolute Gasteiger partial charge is 0.243 e. The van der Waals surface area contributed by atoms with Gasteiger partial charge in [-0.3, -0.25) is 19.3 Å². The molecule has 2 atom stereocenters. The maximum absolute atomic E-state index is 13.4. The van der Waals surface area contributed by atoms with Gasteiger partial charge >= 0.3 is 0 Å². The van der Waals surface area contributed by atoms with E-state index in [1.807, 2.05) is 51.3 Å². The van der Waals surface area contributed by atoms with Gasteiger partial charge in [0.25, 0.3) is 0 Å². The number of allylic oxidation sites excluding steroid dienone is 6. The van der Waals surface area contributed by atoms with E-state index in [2.05, 4.69) is 27.4 Å². The van der Waals surface area contributed by atoms with Crippen LogP contribution >= 0.6 is 0 Å². The Bertz CT molecular complexity index is 1320. The lowest BCUT2D eigenvalue weighted by molar-refractivity contribution is -0.145. The topological polar surface area (TPSA) is 94.6 Å². The maximum Gasteiger partial charge on any atom is 0.243 e. The van der Waals surface area contributed by atoms with Crippen molar-refractivity contribution < 1.29 is 23.2 Å². The summed E-state index contributed by atoms with van der Waals surface area (Å²) in [6, 6.07) is 3.63. The summed E-state index contributed by atoms with van der Waals surface area (Å²) in [4.78, 5) is 47.5. The summed E-state index contributed by atoms with van der Waals surface area (Å²) < 4.78 is 23.4. The third kappa shape index (κ3) is 8.75. The number of alkyl halides is 1. The molecule has 0 aromatic carbocycles. The monoisotopic (exact) mass is 625 g/mol. The van der Waals surface area contributed by atoms with Crippen LogP contribution in [0.5, 0.6) is 0 Å². The number of hydrogen-bond donors (Lipinski definition) is 2. The van der Waals surface area contributed by atoms with Crippen LogP contribution in [0.15, 0.2) is 66.2 Å². The van der Waals surface area contributed by atoms with Crippen LogP contribution in [0.3, 0.4) is 0 Å². The fourth-order valence-electron chi connectivity index (χ4n) is 6.55. The Morgan fingerprint density at radius 3 is 2.60 bits per heavy atom. The molecule has 3 amide bonds.